The van der Waals surface area contributed by atoms with Crippen molar-refractivity contribution in [3.05, 3.63) is 42.5 Å². The van der Waals surface area contributed by atoms with Crippen molar-refractivity contribution in [2.24, 2.45) is 0 Å². The first kappa shape index (κ1) is 21.4. The number of pyridine rings is 1. The average molecular weight is 414 g/mol. The highest BCUT2D eigenvalue weighted by Gasteiger charge is 2.22. The molecule has 3 heterocycles. The molecule has 0 saturated carbocycles. The number of rotatable bonds is 8. The van der Waals surface area contributed by atoms with Crippen LogP contribution in [0.5, 0.6) is 0 Å². The van der Waals surface area contributed by atoms with E-state index in [0.29, 0.717) is 51.3 Å². The summed E-state index contributed by atoms with van der Waals surface area (Å²) in [4.78, 5) is 44.0. The lowest BCUT2D eigenvalue weighted by atomic mass is 10.2. The van der Waals surface area contributed by atoms with Gasteiger partial charge >= 0.3 is 5.97 Å². The predicted molar refractivity (Wildman–Crippen MR) is 110 cm³/mol. The summed E-state index contributed by atoms with van der Waals surface area (Å²) in [5.74, 6) is 0.500. The van der Waals surface area contributed by atoms with Gasteiger partial charge in [-0.1, -0.05) is 0 Å². The highest BCUT2D eigenvalue weighted by molar-refractivity contribution is 6.02. The van der Waals surface area contributed by atoms with Crippen molar-refractivity contribution in [3.8, 4) is 0 Å². The second-order valence-corrected chi connectivity index (χ2v) is 6.86. The maximum Gasteiger partial charge on any atom is 0.305 e. The van der Waals surface area contributed by atoms with Crippen LogP contribution < -0.4 is 10.2 Å². The van der Waals surface area contributed by atoms with Crippen LogP contribution >= 0.6 is 0 Å². The molecule has 3 rings (SSSR count). The molecule has 1 aliphatic rings. The lowest BCUT2D eigenvalue weighted by Gasteiger charge is -2.35. The first-order chi connectivity index (χ1) is 14.6. The molecule has 0 aromatic carbocycles. The molecular weight excluding hydrogens is 388 g/mol. The topological polar surface area (TPSA) is 105 Å². The number of furan rings is 1. The van der Waals surface area contributed by atoms with Crippen molar-refractivity contribution < 1.29 is 23.5 Å². The van der Waals surface area contributed by atoms with E-state index in [9.17, 15) is 14.4 Å². The van der Waals surface area contributed by atoms with E-state index >= 15 is 0 Å². The third kappa shape index (κ3) is 5.82. The minimum absolute atomic E-state index is 0.0582. The van der Waals surface area contributed by atoms with Crippen molar-refractivity contribution >= 4 is 29.3 Å². The van der Waals surface area contributed by atoms with E-state index in [1.54, 1.807) is 31.3 Å². The zero-order valence-corrected chi connectivity index (χ0v) is 17.0. The first-order valence-electron chi connectivity index (χ1n) is 10.1. The SMILES string of the molecule is CCOC(=O)CCCC(=O)N1CCN(c2ccc(NC(=O)c3ccco3)cn2)CC1. The summed E-state index contributed by atoms with van der Waals surface area (Å²) in [5, 5.41) is 2.73. The van der Waals surface area contributed by atoms with Crippen LogP contribution in [-0.4, -0.2) is 60.5 Å². The molecule has 160 valence electrons. The number of hydrogen-bond donors (Lipinski definition) is 1. The Balaban J connectivity index is 1.43. The van der Waals surface area contributed by atoms with Gasteiger partial charge in [-0.2, -0.15) is 0 Å². The van der Waals surface area contributed by atoms with E-state index < -0.39 is 0 Å². The molecule has 1 fully saturated rings. The lowest BCUT2D eigenvalue weighted by Crippen LogP contribution is -2.49. The molecule has 0 unspecified atom stereocenters. The van der Waals surface area contributed by atoms with Gasteiger partial charge in [-0.15, -0.1) is 0 Å². The van der Waals surface area contributed by atoms with Crippen LogP contribution in [0.15, 0.2) is 41.1 Å². The zero-order chi connectivity index (χ0) is 21.3. The third-order valence-electron chi connectivity index (χ3n) is 4.78. The van der Waals surface area contributed by atoms with Gasteiger partial charge in [0, 0.05) is 39.0 Å². The van der Waals surface area contributed by atoms with E-state index in [1.807, 2.05) is 11.0 Å². The summed E-state index contributed by atoms with van der Waals surface area (Å²) in [7, 11) is 0. The molecule has 1 aliphatic heterocycles. The van der Waals surface area contributed by atoms with Gasteiger partial charge in [-0.05, 0) is 37.6 Å². The molecule has 9 heteroatoms. The van der Waals surface area contributed by atoms with Gasteiger partial charge < -0.3 is 24.3 Å². The number of carbonyl (C=O) groups excluding carboxylic acids is 3. The zero-order valence-electron chi connectivity index (χ0n) is 17.0. The molecule has 1 N–H and O–H groups in total. The Bertz CT molecular complexity index is 843. The number of esters is 1. The monoisotopic (exact) mass is 414 g/mol. The van der Waals surface area contributed by atoms with Gasteiger partial charge in [0.05, 0.1) is 24.8 Å². The first-order valence-corrected chi connectivity index (χ1v) is 10.1. The Hall–Kier alpha value is -3.36. The number of nitrogens with one attached hydrogen (secondary N) is 1. The summed E-state index contributed by atoms with van der Waals surface area (Å²) in [6.07, 6.45) is 4.17. The molecule has 0 atom stereocenters. The highest BCUT2D eigenvalue weighted by atomic mass is 16.5. The van der Waals surface area contributed by atoms with Gasteiger partial charge in [-0.25, -0.2) is 4.98 Å². The Labute approximate surface area is 175 Å². The number of hydrogen-bond acceptors (Lipinski definition) is 7. The van der Waals surface area contributed by atoms with Crippen LogP contribution in [0.3, 0.4) is 0 Å². The number of anilines is 2. The molecule has 0 aliphatic carbocycles. The molecule has 2 amide bonds. The number of nitrogens with zero attached hydrogens (tertiary/aromatic N) is 3. The minimum Gasteiger partial charge on any atom is -0.466 e. The van der Waals surface area contributed by atoms with Crippen LogP contribution in [0.1, 0.15) is 36.7 Å². The number of ether oxygens (including phenoxy) is 1. The fourth-order valence-electron chi connectivity index (χ4n) is 3.21. The number of carbonyl (C=O) groups is 3. The molecule has 1 saturated heterocycles. The third-order valence-corrected chi connectivity index (χ3v) is 4.78. The van der Waals surface area contributed by atoms with Crippen LogP contribution in [0.4, 0.5) is 11.5 Å². The largest absolute Gasteiger partial charge is 0.466 e. The molecular formula is C21H26N4O5. The van der Waals surface area contributed by atoms with Crippen molar-refractivity contribution in [2.45, 2.75) is 26.2 Å². The molecule has 0 spiro atoms. The quantitative estimate of drug-likeness (QED) is 0.661. The molecule has 0 bridgehead atoms. The van der Waals surface area contributed by atoms with Gasteiger partial charge in [0.1, 0.15) is 5.82 Å². The Kier molecular flexibility index (Phi) is 7.42. The molecule has 30 heavy (non-hydrogen) atoms. The minimum atomic E-state index is -0.329. The molecule has 2 aromatic rings. The summed E-state index contributed by atoms with van der Waals surface area (Å²) >= 11 is 0. The predicted octanol–water partition coefficient (Wildman–Crippen LogP) is 2.31. The van der Waals surface area contributed by atoms with Gasteiger partial charge in [0.25, 0.3) is 5.91 Å². The maximum atomic E-state index is 12.3. The van der Waals surface area contributed by atoms with Crippen LogP contribution in [0, 0.1) is 0 Å². The van der Waals surface area contributed by atoms with E-state index in [1.165, 1.54) is 6.26 Å². The van der Waals surface area contributed by atoms with Crippen molar-refractivity contribution in [2.75, 3.05) is 43.0 Å². The van der Waals surface area contributed by atoms with Gasteiger partial charge in [-0.3, -0.25) is 14.4 Å². The molecule has 2 aromatic heterocycles. The number of amides is 2. The second kappa shape index (κ2) is 10.4. The van der Waals surface area contributed by atoms with E-state index in [-0.39, 0.29) is 30.0 Å². The maximum absolute atomic E-state index is 12.3. The van der Waals surface area contributed by atoms with E-state index in [2.05, 4.69) is 15.2 Å². The average Bonchev–Trinajstić information content (AvgIpc) is 3.30. The van der Waals surface area contributed by atoms with Gasteiger partial charge in [0.15, 0.2) is 5.76 Å². The summed E-state index contributed by atoms with van der Waals surface area (Å²) in [6.45, 7) is 4.69. The Morgan fingerprint density at radius 2 is 1.93 bits per heavy atom. The van der Waals surface area contributed by atoms with Crippen molar-refractivity contribution in [3.63, 3.8) is 0 Å². The molecule has 9 nitrogen and oxygen atoms in total. The van der Waals surface area contributed by atoms with Crippen molar-refractivity contribution in [1.82, 2.24) is 9.88 Å². The summed E-state index contributed by atoms with van der Waals surface area (Å²) < 4.78 is 9.94. The summed E-state index contributed by atoms with van der Waals surface area (Å²) in [5.41, 5.74) is 0.579. The Morgan fingerprint density at radius 1 is 1.13 bits per heavy atom. The van der Waals surface area contributed by atoms with E-state index in [4.69, 9.17) is 9.15 Å². The fraction of sp³-hybridized carbons (Fsp3) is 0.429. The van der Waals surface area contributed by atoms with Crippen molar-refractivity contribution in [1.29, 1.82) is 0 Å². The van der Waals surface area contributed by atoms with Crippen LogP contribution in [-0.2, 0) is 14.3 Å². The fourth-order valence-corrected chi connectivity index (χ4v) is 3.21. The molecule has 0 radical (unpaired) electrons. The highest BCUT2D eigenvalue weighted by Crippen LogP contribution is 2.17. The smallest absolute Gasteiger partial charge is 0.305 e. The summed E-state index contributed by atoms with van der Waals surface area (Å²) in [6, 6.07) is 6.88. The van der Waals surface area contributed by atoms with Gasteiger partial charge in [0.2, 0.25) is 5.91 Å². The number of piperazine rings is 1. The van der Waals surface area contributed by atoms with Crippen LogP contribution in [0.2, 0.25) is 0 Å². The Morgan fingerprint density at radius 3 is 2.57 bits per heavy atom. The van der Waals surface area contributed by atoms with E-state index in [0.717, 1.165) is 5.82 Å². The normalized spacial score (nSPS) is 13.8. The lowest BCUT2D eigenvalue weighted by molar-refractivity contribution is -0.143. The number of aromatic nitrogens is 1. The second-order valence-electron chi connectivity index (χ2n) is 6.86. The standard InChI is InChI=1S/C21H26N4O5/c1-2-29-20(27)7-3-6-19(26)25-12-10-24(11-13-25)18-9-8-16(15-22-18)23-21(28)17-5-4-14-30-17/h4-5,8-9,14-15H,2-3,6-7,10-13H2,1H3,(H,23,28). The van der Waals surface area contributed by atoms with Crippen LogP contribution in [0.25, 0.3) is 0 Å².